The Labute approximate surface area is 96.9 Å². The van der Waals surface area contributed by atoms with E-state index < -0.39 is 15.7 Å². The number of nitrogen functional groups attached to an aromatic ring is 1. The monoisotopic (exact) mass is 256 g/mol. The highest BCUT2D eigenvalue weighted by atomic mass is 32.2. The number of hydrogen-bond acceptors (Lipinski definition) is 5. The summed E-state index contributed by atoms with van der Waals surface area (Å²) >= 11 is 0. The van der Waals surface area contributed by atoms with Crippen LogP contribution in [0.1, 0.15) is 0 Å². The third-order valence-corrected chi connectivity index (χ3v) is 3.27. The molecule has 1 heterocycles. The maximum absolute atomic E-state index is 14.0. The number of anilines is 1. The van der Waals surface area contributed by atoms with Gasteiger partial charge in [0.25, 0.3) is 0 Å². The maximum Gasteiger partial charge on any atom is 0.178 e. The molecule has 0 fully saturated rings. The minimum absolute atomic E-state index is 0.0112. The molecule has 5 nitrogen and oxygen atoms in total. The van der Waals surface area contributed by atoms with Crippen LogP contribution >= 0.6 is 0 Å². The van der Waals surface area contributed by atoms with Crippen LogP contribution in [0.3, 0.4) is 0 Å². The predicted octanol–water partition coefficient (Wildman–Crippen LogP) is 1.47. The Hall–Kier alpha value is -1.89. The zero-order valence-electron chi connectivity index (χ0n) is 8.84. The van der Waals surface area contributed by atoms with Gasteiger partial charge in [-0.05, 0) is 12.1 Å². The van der Waals surface area contributed by atoms with Crippen molar-refractivity contribution in [2.75, 3.05) is 12.0 Å². The molecule has 2 N–H and O–H groups in total. The first-order valence-corrected chi connectivity index (χ1v) is 6.50. The minimum atomic E-state index is -3.63. The van der Waals surface area contributed by atoms with E-state index in [2.05, 4.69) is 5.16 Å². The number of sulfone groups is 1. The molecular weight excluding hydrogens is 247 g/mol. The molecule has 0 radical (unpaired) electrons. The highest BCUT2D eigenvalue weighted by Gasteiger charge is 2.19. The van der Waals surface area contributed by atoms with Crippen molar-refractivity contribution in [3.63, 3.8) is 0 Å². The van der Waals surface area contributed by atoms with E-state index in [-0.39, 0.29) is 22.0 Å². The van der Waals surface area contributed by atoms with E-state index in [0.29, 0.717) is 0 Å². The van der Waals surface area contributed by atoms with E-state index in [0.717, 1.165) is 6.26 Å². The summed E-state index contributed by atoms with van der Waals surface area (Å²) in [6.45, 7) is 0. The van der Waals surface area contributed by atoms with Crippen molar-refractivity contribution >= 4 is 15.7 Å². The van der Waals surface area contributed by atoms with Gasteiger partial charge >= 0.3 is 0 Å². The molecule has 0 aliphatic carbocycles. The Kier molecular flexibility index (Phi) is 2.62. The lowest BCUT2D eigenvalue weighted by atomic mass is 10.1. The van der Waals surface area contributed by atoms with Crippen LogP contribution in [0, 0.1) is 5.82 Å². The molecule has 7 heteroatoms. The molecule has 0 bridgehead atoms. The molecule has 0 saturated carbocycles. The molecule has 2 aromatic rings. The third-order valence-electron chi connectivity index (χ3n) is 2.16. The van der Waals surface area contributed by atoms with Crippen LogP contribution in [0.2, 0.25) is 0 Å². The lowest BCUT2D eigenvalue weighted by molar-refractivity contribution is 0.432. The lowest BCUT2D eigenvalue weighted by Gasteiger charge is -2.03. The van der Waals surface area contributed by atoms with Gasteiger partial charge in [0.1, 0.15) is 4.90 Å². The van der Waals surface area contributed by atoms with Crippen molar-refractivity contribution in [3.05, 3.63) is 30.1 Å². The van der Waals surface area contributed by atoms with E-state index in [1.165, 1.54) is 24.3 Å². The molecule has 1 aromatic carbocycles. The predicted molar refractivity (Wildman–Crippen MR) is 59.4 cm³/mol. The van der Waals surface area contributed by atoms with Crippen molar-refractivity contribution in [1.29, 1.82) is 0 Å². The average molecular weight is 256 g/mol. The molecule has 0 atom stereocenters. The molecule has 0 saturated heterocycles. The van der Waals surface area contributed by atoms with Crippen LogP contribution < -0.4 is 5.73 Å². The number of benzene rings is 1. The van der Waals surface area contributed by atoms with Gasteiger partial charge in [-0.3, -0.25) is 0 Å². The van der Waals surface area contributed by atoms with Gasteiger partial charge in [0, 0.05) is 12.3 Å². The number of halogens is 1. The first-order valence-electron chi connectivity index (χ1n) is 4.61. The summed E-state index contributed by atoms with van der Waals surface area (Å²) in [6.07, 6.45) is 0.934. The molecule has 0 unspecified atom stereocenters. The number of rotatable bonds is 2. The molecule has 1 aromatic heterocycles. The smallest absolute Gasteiger partial charge is 0.178 e. The van der Waals surface area contributed by atoms with Crippen molar-refractivity contribution in [2.45, 2.75) is 4.90 Å². The molecule has 0 aliphatic rings. The minimum Gasteiger partial charge on any atom is -0.381 e. The van der Waals surface area contributed by atoms with E-state index in [1.54, 1.807) is 0 Å². The van der Waals surface area contributed by atoms with Crippen LogP contribution in [0.15, 0.2) is 33.7 Å². The first-order chi connectivity index (χ1) is 7.89. The normalized spacial score (nSPS) is 11.6. The van der Waals surface area contributed by atoms with E-state index in [9.17, 15) is 12.8 Å². The van der Waals surface area contributed by atoms with Gasteiger partial charge in [-0.1, -0.05) is 11.2 Å². The largest absolute Gasteiger partial charge is 0.381 e. The highest BCUT2D eigenvalue weighted by molar-refractivity contribution is 7.90. The maximum atomic E-state index is 14.0. The molecule has 90 valence electrons. The van der Waals surface area contributed by atoms with E-state index in [4.69, 9.17) is 10.3 Å². The van der Waals surface area contributed by atoms with Crippen LogP contribution in [-0.2, 0) is 9.84 Å². The first kappa shape index (κ1) is 11.6. The average Bonchev–Trinajstić information content (AvgIpc) is 2.63. The Morgan fingerprint density at radius 1 is 1.41 bits per heavy atom. The molecule has 0 spiro atoms. The zero-order chi connectivity index (χ0) is 12.6. The summed E-state index contributed by atoms with van der Waals surface area (Å²) in [5, 5.41) is 3.41. The quantitative estimate of drug-likeness (QED) is 0.879. The van der Waals surface area contributed by atoms with Gasteiger partial charge in [0.15, 0.2) is 27.2 Å². The fraction of sp³-hybridized carbons (Fsp3) is 0.100. The zero-order valence-corrected chi connectivity index (χ0v) is 9.66. The van der Waals surface area contributed by atoms with Crippen LogP contribution in [0.4, 0.5) is 10.2 Å². The Morgan fingerprint density at radius 3 is 2.65 bits per heavy atom. The van der Waals surface area contributed by atoms with Gasteiger partial charge in [-0.25, -0.2) is 12.8 Å². The molecule has 0 aliphatic heterocycles. The van der Waals surface area contributed by atoms with Gasteiger partial charge in [-0.15, -0.1) is 0 Å². The highest BCUT2D eigenvalue weighted by Crippen LogP contribution is 2.28. The lowest BCUT2D eigenvalue weighted by Crippen LogP contribution is -2.01. The SMILES string of the molecule is CS(=O)(=O)c1cccc(-c2cc(N)no2)c1F. The van der Waals surface area contributed by atoms with Gasteiger partial charge in [-0.2, -0.15) is 0 Å². The number of nitrogens with two attached hydrogens (primary N) is 1. The summed E-state index contributed by atoms with van der Waals surface area (Å²) in [4.78, 5) is -0.384. The van der Waals surface area contributed by atoms with Crippen LogP contribution in [0.25, 0.3) is 11.3 Å². The van der Waals surface area contributed by atoms with E-state index >= 15 is 0 Å². The standard InChI is InChI=1S/C10H9FN2O3S/c1-17(14,15)8-4-2-3-6(10(8)11)7-5-9(12)13-16-7/h2-5H,1H3,(H2,12,13). The Morgan fingerprint density at radius 2 is 2.12 bits per heavy atom. The van der Waals surface area contributed by atoms with E-state index in [1.807, 2.05) is 0 Å². The summed E-state index contributed by atoms with van der Waals surface area (Å²) in [6, 6.07) is 5.33. The molecule has 2 rings (SSSR count). The number of hydrogen-bond donors (Lipinski definition) is 1. The number of nitrogens with zero attached hydrogens (tertiary/aromatic N) is 1. The Balaban J connectivity index is 2.65. The van der Waals surface area contributed by atoms with Gasteiger partial charge < -0.3 is 10.3 Å². The van der Waals surface area contributed by atoms with Crippen molar-refractivity contribution in [2.24, 2.45) is 0 Å². The van der Waals surface area contributed by atoms with Crippen LogP contribution in [0.5, 0.6) is 0 Å². The summed E-state index contributed by atoms with van der Waals surface area (Å²) in [7, 11) is -3.63. The molecule has 0 amide bonds. The van der Waals surface area contributed by atoms with Crippen LogP contribution in [-0.4, -0.2) is 19.8 Å². The topological polar surface area (TPSA) is 86.2 Å². The second-order valence-electron chi connectivity index (χ2n) is 3.51. The third kappa shape index (κ3) is 2.14. The van der Waals surface area contributed by atoms with Gasteiger partial charge in [0.2, 0.25) is 0 Å². The molecule has 17 heavy (non-hydrogen) atoms. The van der Waals surface area contributed by atoms with Gasteiger partial charge in [0.05, 0.1) is 5.56 Å². The second-order valence-corrected chi connectivity index (χ2v) is 5.49. The molecular formula is C10H9FN2O3S. The second kappa shape index (κ2) is 3.85. The summed E-state index contributed by atoms with van der Waals surface area (Å²) in [5.74, 6) is -0.680. The number of aromatic nitrogens is 1. The fourth-order valence-corrected chi connectivity index (χ4v) is 2.16. The van der Waals surface area contributed by atoms with Crippen molar-refractivity contribution in [1.82, 2.24) is 5.16 Å². The summed E-state index contributed by atoms with van der Waals surface area (Å²) in [5.41, 5.74) is 5.36. The summed E-state index contributed by atoms with van der Waals surface area (Å²) < 4.78 is 41.4. The van der Waals surface area contributed by atoms with Crippen molar-refractivity contribution in [3.8, 4) is 11.3 Å². The Bertz CT molecular complexity index is 664. The fourth-order valence-electron chi connectivity index (χ4n) is 1.40. The van der Waals surface area contributed by atoms with Crippen molar-refractivity contribution < 1.29 is 17.3 Å².